The Hall–Kier alpha value is -0.950. The van der Waals surface area contributed by atoms with Crippen LogP contribution in [-0.2, 0) is 6.42 Å². The fraction of sp³-hybridized carbons (Fsp3) is 0.529. The lowest BCUT2D eigenvalue weighted by atomic mass is 10.0. The smallest absolute Gasteiger partial charge is 0.0914 e. The second-order valence-corrected chi connectivity index (χ2v) is 6.42. The molecule has 2 nitrogen and oxygen atoms in total. The van der Waals surface area contributed by atoms with Crippen LogP contribution in [0, 0.1) is 18.3 Å². The van der Waals surface area contributed by atoms with Gasteiger partial charge in [0.05, 0.1) is 11.9 Å². The summed E-state index contributed by atoms with van der Waals surface area (Å²) in [4.78, 5) is 0. The highest BCUT2D eigenvalue weighted by Crippen LogP contribution is 2.15. The standard InChI is InChI=1S/C17H25NOS/c1-4-10-20-11-9-18-13-17(19)16-7-5-15(6-8-16)12-14(2)3/h1,5-8,14,17-19H,9-13H2,2-3H3. The maximum absolute atomic E-state index is 10.1. The van der Waals surface area contributed by atoms with E-state index in [1.54, 1.807) is 11.8 Å². The largest absolute Gasteiger partial charge is 0.387 e. The van der Waals surface area contributed by atoms with E-state index < -0.39 is 6.10 Å². The topological polar surface area (TPSA) is 32.3 Å². The zero-order valence-electron chi connectivity index (χ0n) is 12.4. The molecule has 1 atom stereocenters. The van der Waals surface area contributed by atoms with Gasteiger partial charge in [0.25, 0.3) is 0 Å². The van der Waals surface area contributed by atoms with Crippen molar-refractivity contribution in [2.75, 3.05) is 24.6 Å². The van der Waals surface area contributed by atoms with E-state index in [4.69, 9.17) is 6.42 Å². The summed E-state index contributed by atoms with van der Waals surface area (Å²) < 4.78 is 0. The summed E-state index contributed by atoms with van der Waals surface area (Å²) in [6.45, 7) is 5.88. The molecule has 0 aliphatic carbocycles. The molecule has 0 spiro atoms. The molecule has 1 aromatic carbocycles. The van der Waals surface area contributed by atoms with Crippen molar-refractivity contribution in [3.63, 3.8) is 0 Å². The molecule has 0 radical (unpaired) electrons. The van der Waals surface area contributed by atoms with Crippen LogP contribution < -0.4 is 5.32 Å². The first-order valence-corrected chi connectivity index (χ1v) is 8.27. The van der Waals surface area contributed by atoms with Crippen molar-refractivity contribution in [2.24, 2.45) is 5.92 Å². The molecule has 20 heavy (non-hydrogen) atoms. The van der Waals surface area contributed by atoms with E-state index in [-0.39, 0.29) is 0 Å². The second-order valence-electron chi connectivity index (χ2n) is 5.32. The number of hydrogen-bond acceptors (Lipinski definition) is 3. The Balaban J connectivity index is 2.29. The Morgan fingerprint density at radius 1 is 1.30 bits per heavy atom. The van der Waals surface area contributed by atoms with Crippen molar-refractivity contribution >= 4 is 11.8 Å². The van der Waals surface area contributed by atoms with E-state index in [1.807, 2.05) is 12.1 Å². The Kier molecular flexibility index (Phi) is 8.45. The van der Waals surface area contributed by atoms with Crippen molar-refractivity contribution < 1.29 is 5.11 Å². The number of rotatable bonds is 9. The van der Waals surface area contributed by atoms with Crippen molar-refractivity contribution in [3.05, 3.63) is 35.4 Å². The predicted molar refractivity (Wildman–Crippen MR) is 89.0 cm³/mol. The van der Waals surface area contributed by atoms with Gasteiger partial charge < -0.3 is 10.4 Å². The van der Waals surface area contributed by atoms with Gasteiger partial charge in [0.1, 0.15) is 0 Å². The van der Waals surface area contributed by atoms with Crippen molar-refractivity contribution in [1.82, 2.24) is 5.32 Å². The van der Waals surface area contributed by atoms with E-state index in [0.29, 0.717) is 12.5 Å². The quantitative estimate of drug-likeness (QED) is 0.542. The summed E-state index contributed by atoms with van der Waals surface area (Å²) in [6, 6.07) is 8.27. The molecule has 0 bridgehead atoms. The van der Waals surface area contributed by atoms with Crippen LogP contribution in [0.25, 0.3) is 0 Å². The fourth-order valence-electron chi connectivity index (χ4n) is 1.98. The van der Waals surface area contributed by atoms with Crippen molar-refractivity contribution in [2.45, 2.75) is 26.4 Å². The third-order valence-corrected chi connectivity index (χ3v) is 3.82. The monoisotopic (exact) mass is 291 g/mol. The van der Waals surface area contributed by atoms with Gasteiger partial charge in [-0.1, -0.05) is 44.0 Å². The van der Waals surface area contributed by atoms with Gasteiger partial charge in [-0.15, -0.1) is 18.2 Å². The number of benzene rings is 1. The first-order valence-electron chi connectivity index (χ1n) is 7.12. The molecular weight excluding hydrogens is 266 g/mol. The van der Waals surface area contributed by atoms with Gasteiger partial charge in [0, 0.05) is 18.8 Å². The van der Waals surface area contributed by atoms with E-state index >= 15 is 0 Å². The molecule has 0 amide bonds. The van der Waals surface area contributed by atoms with Crippen molar-refractivity contribution in [1.29, 1.82) is 0 Å². The highest BCUT2D eigenvalue weighted by molar-refractivity contribution is 7.99. The van der Waals surface area contributed by atoms with Gasteiger partial charge in [-0.05, 0) is 23.5 Å². The van der Waals surface area contributed by atoms with Gasteiger partial charge in [0.2, 0.25) is 0 Å². The van der Waals surface area contributed by atoms with Crippen LogP contribution in [0.15, 0.2) is 24.3 Å². The molecule has 0 aromatic heterocycles. The normalized spacial score (nSPS) is 12.3. The zero-order chi connectivity index (χ0) is 14.8. The highest BCUT2D eigenvalue weighted by atomic mass is 32.2. The average molecular weight is 291 g/mol. The second kappa shape index (κ2) is 9.88. The molecule has 1 unspecified atom stereocenters. The van der Waals surface area contributed by atoms with E-state index in [0.717, 1.165) is 30.0 Å². The number of hydrogen-bond donors (Lipinski definition) is 2. The first-order chi connectivity index (χ1) is 9.63. The van der Waals surface area contributed by atoms with Gasteiger partial charge in [0.15, 0.2) is 0 Å². The molecule has 1 rings (SSSR count). The minimum Gasteiger partial charge on any atom is -0.387 e. The van der Waals surface area contributed by atoms with Crippen molar-refractivity contribution in [3.8, 4) is 12.3 Å². The average Bonchev–Trinajstić information content (AvgIpc) is 2.42. The molecule has 0 saturated carbocycles. The van der Waals surface area contributed by atoms with Gasteiger partial charge in [-0.3, -0.25) is 0 Å². The van der Waals surface area contributed by atoms with Gasteiger partial charge >= 0.3 is 0 Å². The summed E-state index contributed by atoms with van der Waals surface area (Å²) in [6.07, 6.45) is 5.82. The third kappa shape index (κ3) is 7.00. The summed E-state index contributed by atoms with van der Waals surface area (Å²) in [7, 11) is 0. The summed E-state index contributed by atoms with van der Waals surface area (Å²) >= 11 is 1.73. The molecule has 0 saturated heterocycles. The molecule has 3 heteroatoms. The molecule has 0 aliphatic rings. The van der Waals surface area contributed by atoms with Crippen LogP contribution in [0.5, 0.6) is 0 Å². The summed E-state index contributed by atoms with van der Waals surface area (Å²) in [5.41, 5.74) is 2.30. The zero-order valence-corrected chi connectivity index (χ0v) is 13.2. The van der Waals surface area contributed by atoms with E-state index in [2.05, 4.69) is 37.2 Å². The molecule has 0 heterocycles. The molecule has 0 fully saturated rings. The number of terminal acetylenes is 1. The van der Waals surface area contributed by atoms with E-state index in [9.17, 15) is 5.11 Å². The number of nitrogens with one attached hydrogen (secondary N) is 1. The highest BCUT2D eigenvalue weighted by Gasteiger charge is 2.07. The number of aliphatic hydroxyl groups is 1. The molecule has 0 aliphatic heterocycles. The van der Waals surface area contributed by atoms with Crippen LogP contribution in [-0.4, -0.2) is 29.7 Å². The fourth-order valence-corrected chi connectivity index (χ4v) is 2.53. The van der Waals surface area contributed by atoms with Crippen LogP contribution in [0.4, 0.5) is 0 Å². The summed E-state index contributed by atoms with van der Waals surface area (Å²) in [5.74, 6) is 4.99. The first kappa shape index (κ1) is 17.1. The van der Waals surface area contributed by atoms with Gasteiger partial charge in [-0.2, -0.15) is 0 Å². The minimum absolute atomic E-state index is 0.444. The van der Waals surface area contributed by atoms with Crippen LogP contribution in [0.3, 0.4) is 0 Å². The number of thioether (sulfide) groups is 1. The number of aliphatic hydroxyl groups excluding tert-OH is 1. The molecular formula is C17H25NOS. The third-order valence-electron chi connectivity index (χ3n) is 2.95. The maximum Gasteiger partial charge on any atom is 0.0914 e. The lowest BCUT2D eigenvalue weighted by Crippen LogP contribution is -2.23. The Morgan fingerprint density at radius 3 is 2.60 bits per heavy atom. The SMILES string of the molecule is C#CCSCCNCC(O)c1ccc(CC(C)C)cc1. The Morgan fingerprint density at radius 2 is 2.00 bits per heavy atom. The van der Waals surface area contributed by atoms with Gasteiger partial charge in [-0.25, -0.2) is 0 Å². The van der Waals surface area contributed by atoms with Crippen LogP contribution in [0.2, 0.25) is 0 Å². The molecule has 110 valence electrons. The lowest BCUT2D eigenvalue weighted by Gasteiger charge is -2.13. The Labute approximate surface area is 127 Å². The molecule has 1 aromatic rings. The molecule has 2 N–H and O–H groups in total. The van der Waals surface area contributed by atoms with E-state index in [1.165, 1.54) is 5.56 Å². The Bertz CT molecular complexity index is 408. The van der Waals surface area contributed by atoms with Crippen LogP contribution in [0.1, 0.15) is 31.1 Å². The summed E-state index contributed by atoms with van der Waals surface area (Å²) in [5, 5.41) is 13.3. The lowest BCUT2D eigenvalue weighted by molar-refractivity contribution is 0.175. The minimum atomic E-state index is -0.444. The maximum atomic E-state index is 10.1. The predicted octanol–water partition coefficient (Wildman–Crippen LogP) is 2.87. The van der Waals surface area contributed by atoms with Crippen LogP contribution >= 0.6 is 11.8 Å².